The summed E-state index contributed by atoms with van der Waals surface area (Å²) in [5.74, 6) is 0.571. The first-order valence-corrected chi connectivity index (χ1v) is 7.45. The van der Waals surface area contributed by atoms with Crippen molar-refractivity contribution in [2.75, 3.05) is 5.43 Å². The Morgan fingerprint density at radius 3 is 2.52 bits per heavy atom. The number of aromatic nitrogens is 2. The summed E-state index contributed by atoms with van der Waals surface area (Å²) < 4.78 is 0. The number of benzene rings is 1. The smallest absolute Gasteiger partial charge is 0.243 e. The van der Waals surface area contributed by atoms with E-state index in [9.17, 15) is 0 Å². The van der Waals surface area contributed by atoms with Crippen LogP contribution in [0.3, 0.4) is 0 Å². The van der Waals surface area contributed by atoms with Crippen LogP contribution in [0.4, 0.5) is 5.95 Å². The first kappa shape index (κ1) is 13.7. The zero-order chi connectivity index (χ0) is 14.7. The van der Waals surface area contributed by atoms with Crippen LogP contribution in [0.2, 0.25) is 0 Å². The second-order valence-corrected chi connectivity index (χ2v) is 5.51. The summed E-state index contributed by atoms with van der Waals surface area (Å²) in [4.78, 5) is 8.74. The van der Waals surface area contributed by atoms with E-state index in [1.165, 1.54) is 24.0 Å². The fourth-order valence-electron chi connectivity index (χ4n) is 2.77. The van der Waals surface area contributed by atoms with Crippen molar-refractivity contribution in [3.63, 3.8) is 0 Å². The molecule has 1 heterocycles. The Labute approximate surface area is 125 Å². The Morgan fingerprint density at radius 1 is 1.00 bits per heavy atom. The summed E-state index contributed by atoms with van der Waals surface area (Å²) in [6.45, 7) is 3.93. The molecule has 1 aromatic heterocycles. The molecule has 3 rings (SSSR count). The van der Waals surface area contributed by atoms with Crippen LogP contribution in [0.15, 0.2) is 35.4 Å². The van der Waals surface area contributed by atoms with Crippen molar-refractivity contribution in [1.82, 2.24) is 9.97 Å². The van der Waals surface area contributed by atoms with Gasteiger partial charge in [0.15, 0.2) is 0 Å². The number of rotatable bonds is 2. The normalized spacial score (nSPS) is 16.4. The second-order valence-electron chi connectivity index (χ2n) is 5.51. The Balaban J connectivity index is 1.89. The van der Waals surface area contributed by atoms with Crippen molar-refractivity contribution < 1.29 is 0 Å². The first-order valence-electron chi connectivity index (χ1n) is 7.45. The molecule has 4 nitrogen and oxygen atoms in total. The molecule has 0 aliphatic heterocycles. The van der Waals surface area contributed by atoms with E-state index in [4.69, 9.17) is 0 Å². The number of hydrogen-bond acceptors (Lipinski definition) is 4. The van der Waals surface area contributed by atoms with Gasteiger partial charge in [-0.2, -0.15) is 5.10 Å². The fraction of sp³-hybridized carbons (Fsp3) is 0.353. The van der Waals surface area contributed by atoms with E-state index in [-0.39, 0.29) is 0 Å². The van der Waals surface area contributed by atoms with E-state index in [1.54, 1.807) is 0 Å². The molecule has 0 atom stereocenters. The van der Waals surface area contributed by atoms with Crippen molar-refractivity contribution in [2.45, 2.75) is 39.5 Å². The van der Waals surface area contributed by atoms with Gasteiger partial charge in [-0.1, -0.05) is 24.3 Å². The van der Waals surface area contributed by atoms with Crippen LogP contribution in [0, 0.1) is 13.8 Å². The van der Waals surface area contributed by atoms with E-state index in [2.05, 4.69) is 44.8 Å². The Hall–Kier alpha value is -2.23. The maximum absolute atomic E-state index is 4.58. The fourth-order valence-corrected chi connectivity index (χ4v) is 2.77. The van der Waals surface area contributed by atoms with Gasteiger partial charge in [-0.25, -0.2) is 15.4 Å². The van der Waals surface area contributed by atoms with E-state index >= 15 is 0 Å². The van der Waals surface area contributed by atoms with Gasteiger partial charge in [-0.3, -0.25) is 0 Å². The SMILES string of the molecule is Cc1cc(C)nc(N/N=C2/CCCCc3ccccc32)n1. The molecule has 1 N–H and O–H groups in total. The van der Waals surface area contributed by atoms with E-state index in [1.807, 2.05) is 19.9 Å². The van der Waals surface area contributed by atoms with Crippen LogP contribution >= 0.6 is 0 Å². The summed E-state index contributed by atoms with van der Waals surface area (Å²) in [5.41, 5.74) is 8.68. The van der Waals surface area contributed by atoms with Crippen molar-refractivity contribution in [3.05, 3.63) is 52.8 Å². The van der Waals surface area contributed by atoms with Crippen LogP contribution in [-0.2, 0) is 6.42 Å². The van der Waals surface area contributed by atoms with Gasteiger partial charge in [0, 0.05) is 17.0 Å². The second kappa shape index (κ2) is 6.04. The summed E-state index contributed by atoms with van der Waals surface area (Å²) in [7, 11) is 0. The monoisotopic (exact) mass is 280 g/mol. The molecular weight excluding hydrogens is 260 g/mol. The van der Waals surface area contributed by atoms with E-state index < -0.39 is 0 Å². The van der Waals surface area contributed by atoms with Crippen LogP contribution in [0.5, 0.6) is 0 Å². The van der Waals surface area contributed by atoms with Gasteiger partial charge in [0.2, 0.25) is 5.95 Å². The largest absolute Gasteiger partial charge is 0.245 e. The Bertz CT molecular complexity index is 656. The summed E-state index contributed by atoms with van der Waals surface area (Å²) in [5, 5.41) is 4.58. The third-order valence-corrected chi connectivity index (χ3v) is 3.71. The van der Waals surface area contributed by atoms with Crippen molar-refractivity contribution >= 4 is 11.7 Å². The minimum absolute atomic E-state index is 0.571. The molecule has 1 aliphatic rings. The van der Waals surface area contributed by atoms with Gasteiger partial charge in [-0.15, -0.1) is 0 Å². The molecule has 0 radical (unpaired) electrons. The van der Waals surface area contributed by atoms with Crippen molar-refractivity contribution in [2.24, 2.45) is 5.10 Å². The Morgan fingerprint density at radius 2 is 1.71 bits per heavy atom. The minimum atomic E-state index is 0.571. The molecule has 2 aromatic rings. The number of nitrogens with zero attached hydrogens (tertiary/aromatic N) is 3. The average molecular weight is 280 g/mol. The molecule has 0 saturated heterocycles. The molecule has 1 aromatic carbocycles. The molecular formula is C17H20N4. The highest BCUT2D eigenvalue weighted by atomic mass is 15.4. The highest BCUT2D eigenvalue weighted by Gasteiger charge is 2.13. The number of fused-ring (bicyclic) bond motifs is 1. The molecule has 0 bridgehead atoms. The first-order chi connectivity index (χ1) is 10.2. The molecule has 1 aliphatic carbocycles. The zero-order valence-corrected chi connectivity index (χ0v) is 12.6. The van der Waals surface area contributed by atoms with E-state index in [0.717, 1.165) is 29.9 Å². The van der Waals surface area contributed by atoms with Gasteiger partial charge in [0.1, 0.15) is 0 Å². The number of aryl methyl sites for hydroxylation is 3. The lowest BCUT2D eigenvalue weighted by Crippen LogP contribution is -2.07. The minimum Gasteiger partial charge on any atom is -0.245 e. The van der Waals surface area contributed by atoms with Gasteiger partial charge < -0.3 is 0 Å². The summed E-state index contributed by atoms with van der Waals surface area (Å²) >= 11 is 0. The Kier molecular flexibility index (Phi) is 3.95. The third kappa shape index (κ3) is 3.27. The highest BCUT2D eigenvalue weighted by molar-refractivity contribution is 6.02. The maximum atomic E-state index is 4.58. The van der Waals surface area contributed by atoms with Gasteiger partial charge in [0.25, 0.3) is 0 Å². The molecule has 0 saturated carbocycles. The number of hydrazone groups is 1. The molecule has 4 heteroatoms. The van der Waals surface area contributed by atoms with E-state index in [0.29, 0.717) is 5.95 Å². The van der Waals surface area contributed by atoms with Crippen LogP contribution < -0.4 is 5.43 Å². The molecule has 21 heavy (non-hydrogen) atoms. The van der Waals surface area contributed by atoms with Gasteiger partial charge in [-0.05, 0) is 51.2 Å². The molecule has 108 valence electrons. The lowest BCUT2D eigenvalue weighted by molar-refractivity contribution is 0.775. The summed E-state index contributed by atoms with van der Waals surface area (Å²) in [6, 6.07) is 10.5. The lowest BCUT2D eigenvalue weighted by Gasteiger charge is -2.08. The highest BCUT2D eigenvalue weighted by Crippen LogP contribution is 2.21. The molecule has 0 amide bonds. The lowest BCUT2D eigenvalue weighted by atomic mass is 10.0. The predicted octanol–water partition coefficient (Wildman–Crippen LogP) is 3.64. The van der Waals surface area contributed by atoms with Crippen LogP contribution in [0.1, 0.15) is 41.8 Å². The number of nitrogens with one attached hydrogen (secondary N) is 1. The van der Waals surface area contributed by atoms with Gasteiger partial charge in [0.05, 0.1) is 5.71 Å². The average Bonchev–Trinajstić information content (AvgIpc) is 2.66. The molecule has 0 spiro atoms. The molecule has 0 unspecified atom stereocenters. The topological polar surface area (TPSA) is 50.2 Å². The predicted molar refractivity (Wildman–Crippen MR) is 85.7 cm³/mol. The summed E-state index contributed by atoms with van der Waals surface area (Å²) in [6.07, 6.45) is 4.52. The third-order valence-electron chi connectivity index (χ3n) is 3.71. The standard InChI is InChI=1S/C17H20N4/c1-12-11-13(2)19-17(18-12)21-20-16-10-6-4-8-14-7-3-5-9-15(14)16/h3,5,7,9,11H,4,6,8,10H2,1-2H3,(H,18,19,21)/b20-16-. The van der Waals surface area contributed by atoms with Crippen molar-refractivity contribution in [3.8, 4) is 0 Å². The number of hydrogen-bond donors (Lipinski definition) is 1. The molecule has 0 fully saturated rings. The quantitative estimate of drug-likeness (QED) is 0.675. The zero-order valence-electron chi connectivity index (χ0n) is 12.6. The van der Waals surface area contributed by atoms with Crippen LogP contribution in [-0.4, -0.2) is 15.7 Å². The van der Waals surface area contributed by atoms with Crippen LogP contribution in [0.25, 0.3) is 0 Å². The van der Waals surface area contributed by atoms with Crippen molar-refractivity contribution in [1.29, 1.82) is 0 Å². The number of anilines is 1. The maximum Gasteiger partial charge on any atom is 0.243 e. The van der Waals surface area contributed by atoms with Gasteiger partial charge >= 0.3 is 0 Å².